The average molecular weight is 225 g/mol. The van der Waals surface area contributed by atoms with Gasteiger partial charge in [0, 0.05) is 16.3 Å². The first-order chi connectivity index (χ1) is 7.36. The number of hydrogen-bond donors (Lipinski definition) is 1. The minimum atomic E-state index is 0.727. The molecule has 0 aliphatic heterocycles. The van der Waals surface area contributed by atoms with Crippen LogP contribution in [0.3, 0.4) is 0 Å². The smallest absolute Gasteiger partial charge is 0.0809 e. The van der Waals surface area contributed by atoms with Gasteiger partial charge in [0.15, 0.2) is 0 Å². The third-order valence-corrected chi connectivity index (χ3v) is 3.04. The quantitative estimate of drug-likeness (QED) is 0.542. The molecule has 84 valence electrons. The Bertz CT molecular complexity index is 283. The molecule has 0 saturated heterocycles. The van der Waals surface area contributed by atoms with Gasteiger partial charge in [-0.2, -0.15) is 0 Å². The zero-order valence-corrected chi connectivity index (χ0v) is 10.1. The maximum absolute atomic E-state index is 5.50. The van der Waals surface area contributed by atoms with E-state index in [-0.39, 0.29) is 0 Å². The summed E-state index contributed by atoms with van der Waals surface area (Å²) in [7, 11) is 0. The molecule has 1 aromatic rings. The summed E-state index contributed by atoms with van der Waals surface area (Å²) < 4.78 is 5.50. The molecule has 0 amide bonds. The Hall–Kier alpha value is -0.640. The second kappa shape index (κ2) is 7.63. The summed E-state index contributed by atoms with van der Waals surface area (Å²) >= 11 is 1.82. The molecule has 0 spiro atoms. The highest BCUT2D eigenvalue weighted by Crippen LogP contribution is 2.17. The number of ether oxygens (including phenoxy) is 1. The predicted molar refractivity (Wildman–Crippen MR) is 66.2 cm³/mol. The van der Waals surface area contributed by atoms with E-state index in [4.69, 9.17) is 4.74 Å². The van der Waals surface area contributed by atoms with Crippen molar-refractivity contribution in [2.24, 2.45) is 0 Å². The van der Waals surface area contributed by atoms with E-state index in [1.54, 1.807) is 0 Å². The van der Waals surface area contributed by atoms with Gasteiger partial charge in [0.05, 0.1) is 13.2 Å². The van der Waals surface area contributed by atoms with Gasteiger partial charge in [-0.3, -0.25) is 0 Å². The van der Waals surface area contributed by atoms with Crippen LogP contribution in [0.2, 0.25) is 0 Å². The molecule has 0 bridgehead atoms. The molecule has 1 heterocycles. The fourth-order valence-electron chi connectivity index (χ4n) is 1.18. The largest absolute Gasteiger partial charge is 0.376 e. The molecule has 0 aromatic carbocycles. The second-order valence-electron chi connectivity index (χ2n) is 3.28. The van der Waals surface area contributed by atoms with Crippen LogP contribution < -0.4 is 5.32 Å². The van der Waals surface area contributed by atoms with Crippen molar-refractivity contribution in [3.05, 3.63) is 34.5 Å². The summed E-state index contributed by atoms with van der Waals surface area (Å²) in [6.07, 6.45) is 2.81. The van der Waals surface area contributed by atoms with Crippen LogP contribution in [0, 0.1) is 0 Å². The van der Waals surface area contributed by atoms with Gasteiger partial charge in [-0.1, -0.05) is 13.0 Å². The molecule has 0 saturated carbocycles. The molecule has 1 aromatic heterocycles. The van der Waals surface area contributed by atoms with Crippen LogP contribution in [0.5, 0.6) is 0 Å². The summed E-state index contributed by atoms with van der Waals surface area (Å²) in [6, 6.07) is 4.31. The zero-order valence-electron chi connectivity index (χ0n) is 9.29. The first-order valence-electron chi connectivity index (χ1n) is 5.33. The minimum Gasteiger partial charge on any atom is -0.376 e. The van der Waals surface area contributed by atoms with E-state index in [0.29, 0.717) is 0 Å². The van der Waals surface area contributed by atoms with Crippen molar-refractivity contribution in [2.45, 2.75) is 26.5 Å². The van der Waals surface area contributed by atoms with Crippen molar-refractivity contribution in [3.8, 4) is 0 Å². The highest BCUT2D eigenvalue weighted by molar-refractivity contribution is 7.11. The van der Waals surface area contributed by atoms with E-state index in [2.05, 4.69) is 31.0 Å². The summed E-state index contributed by atoms with van der Waals surface area (Å²) in [5.41, 5.74) is 0. The molecule has 0 atom stereocenters. The fourth-order valence-corrected chi connectivity index (χ4v) is 2.11. The van der Waals surface area contributed by atoms with Crippen LogP contribution in [-0.4, -0.2) is 13.2 Å². The molecule has 1 rings (SSSR count). The van der Waals surface area contributed by atoms with E-state index in [1.807, 2.05) is 17.4 Å². The van der Waals surface area contributed by atoms with Crippen LogP contribution in [0.4, 0.5) is 0 Å². The van der Waals surface area contributed by atoms with E-state index in [9.17, 15) is 0 Å². The Labute approximate surface area is 96.0 Å². The van der Waals surface area contributed by atoms with Gasteiger partial charge in [0.1, 0.15) is 0 Å². The molecular formula is C12H19NOS. The van der Waals surface area contributed by atoms with Gasteiger partial charge < -0.3 is 10.1 Å². The van der Waals surface area contributed by atoms with Crippen molar-refractivity contribution in [2.75, 3.05) is 13.2 Å². The van der Waals surface area contributed by atoms with Crippen molar-refractivity contribution < 1.29 is 4.74 Å². The van der Waals surface area contributed by atoms with Crippen LogP contribution in [0.25, 0.3) is 0 Å². The Balaban J connectivity index is 2.23. The van der Waals surface area contributed by atoms with Crippen molar-refractivity contribution in [3.63, 3.8) is 0 Å². The molecule has 0 fully saturated rings. The van der Waals surface area contributed by atoms with Crippen LogP contribution in [0.15, 0.2) is 24.8 Å². The van der Waals surface area contributed by atoms with Gasteiger partial charge in [-0.15, -0.1) is 17.9 Å². The lowest BCUT2D eigenvalue weighted by molar-refractivity contribution is 0.127. The lowest BCUT2D eigenvalue weighted by Crippen LogP contribution is -2.10. The Morgan fingerprint density at radius 2 is 2.27 bits per heavy atom. The minimum absolute atomic E-state index is 0.727. The van der Waals surface area contributed by atoms with Gasteiger partial charge in [-0.25, -0.2) is 0 Å². The summed E-state index contributed by atoms with van der Waals surface area (Å²) in [5.74, 6) is 0. The van der Waals surface area contributed by atoms with E-state index >= 15 is 0 Å². The van der Waals surface area contributed by atoms with Gasteiger partial charge >= 0.3 is 0 Å². The molecular weight excluding hydrogens is 206 g/mol. The van der Waals surface area contributed by atoms with Gasteiger partial charge in [-0.05, 0) is 25.1 Å². The second-order valence-corrected chi connectivity index (χ2v) is 4.53. The fraction of sp³-hybridized carbons (Fsp3) is 0.500. The third kappa shape index (κ3) is 5.11. The monoisotopic (exact) mass is 225 g/mol. The molecule has 3 heteroatoms. The van der Waals surface area contributed by atoms with Crippen LogP contribution in [-0.2, 0) is 17.9 Å². The van der Waals surface area contributed by atoms with E-state index < -0.39 is 0 Å². The normalized spacial score (nSPS) is 10.5. The van der Waals surface area contributed by atoms with E-state index in [0.717, 1.165) is 32.7 Å². The number of nitrogens with one attached hydrogen (secondary N) is 1. The molecule has 15 heavy (non-hydrogen) atoms. The molecule has 0 aliphatic rings. The van der Waals surface area contributed by atoms with Gasteiger partial charge in [0.2, 0.25) is 0 Å². The third-order valence-electron chi connectivity index (χ3n) is 1.98. The zero-order chi connectivity index (χ0) is 10.9. The SMILES string of the molecule is C=CCCOCc1ccc(CNCC)s1. The first kappa shape index (κ1) is 12.4. The molecule has 0 aliphatic carbocycles. The maximum Gasteiger partial charge on any atom is 0.0809 e. The molecule has 0 radical (unpaired) electrons. The van der Waals surface area contributed by atoms with E-state index in [1.165, 1.54) is 9.75 Å². The van der Waals surface area contributed by atoms with Crippen LogP contribution in [0.1, 0.15) is 23.1 Å². The first-order valence-corrected chi connectivity index (χ1v) is 6.15. The topological polar surface area (TPSA) is 21.3 Å². The highest BCUT2D eigenvalue weighted by Gasteiger charge is 1.99. The molecule has 0 unspecified atom stereocenters. The summed E-state index contributed by atoms with van der Waals surface area (Å²) in [5, 5.41) is 3.31. The van der Waals surface area contributed by atoms with Crippen molar-refractivity contribution in [1.82, 2.24) is 5.32 Å². The number of thiophene rings is 1. The Morgan fingerprint density at radius 1 is 1.47 bits per heavy atom. The standard InChI is InChI=1S/C12H19NOS/c1-3-5-8-14-10-12-7-6-11(15-12)9-13-4-2/h3,6-7,13H,1,4-5,8-10H2,2H3. The summed E-state index contributed by atoms with van der Waals surface area (Å²) in [4.78, 5) is 2.67. The summed E-state index contributed by atoms with van der Waals surface area (Å²) in [6.45, 7) is 9.25. The average Bonchev–Trinajstić information content (AvgIpc) is 2.69. The molecule has 2 nitrogen and oxygen atoms in total. The van der Waals surface area contributed by atoms with Gasteiger partial charge in [0.25, 0.3) is 0 Å². The lowest BCUT2D eigenvalue weighted by Gasteiger charge is -1.99. The van der Waals surface area contributed by atoms with Crippen molar-refractivity contribution in [1.29, 1.82) is 0 Å². The Kier molecular flexibility index (Phi) is 6.32. The predicted octanol–water partition coefficient (Wildman–Crippen LogP) is 2.95. The Morgan fingerprint density at radius 3 is 3.00 bits per heavy atom. The molecule has 1 N–H and O–H groups in total. The van der Waals surface area contributed by atoms with Crippen molar-refractivity contribution >= 4 is 11.3 Å². The highest BCUT2D eigenvalue weighted by atomic mass is 32.1. The number of hydrogen-bond acceptors (Lipinski definition) is 3. The maximum atomic E-state index is 5.50. The van der Waals surface area contributed by atoms with Crippen LogP contribution >= 0.6 is 11.3 Å². The number of rotatable bonds is 8. The lowest BCUT2D eigenvalue weighted by atomic mass is 10.4.